The number of unbranched alkanes of at least 4 members (excludes halogenated alkanes) is 1. The number of aldehydes is 1. The SMILES string of the molecule is CCCCC(O)C=O. The Morgan fingerprint density at radius 1 is 1.75 bits per heavy atom. The van der Waals surface area contributed by atoms with Gasteiger partial charge in [-0.25, -0.2) is 0 Å². The second kappa shape index (κ2) is 4.78. The summed E-state index contributed by atoms with van der Waals surface area (Å²) in [7, 11) is 0. The Morgan fingerprint density at radius 2 is 2.38 bits per heavy atom. The van der Waals surface area contributed by atoms with Gasteiger partial charge in [-0.05, 0) is 6.42 Å². The van der Waals surface area contributed by atoms with E-state index in [2.05, 4.69) is 0 Å². The van der Waals surface area contributed by atoms with Gasteiger partial charge < -0.3 is 9.90 Å². The summed E-state index contributed by atoms with van der Waals surface area (Å²) in [6, 6.07) is 0. The largest absolute Gasteiger partial charge is 0.386 e. The Bertz CT molecular complexity index is 61.5. The molecule has 0 aliphatic carbocycles. The number of aliphatic hydroxyl groups excluding tert-OH is 1. The molecule has 0 aliphatic rings. The molecule has 0 spiro atoms. The van der Waals surface area contributed by atoms with Gasteiger partial charge in [-0.1, -0.05) is 19.8 Å². The fourth-order valence-corrected chi connectivity index (χ4v) is 0.481. The van der Waals surface area contributed by atoms with Gasteiger partial charge in [0.2, 0.25) is 0 Å². The van der Waals surface area contributed by atoms with E-state index in [1.54, 1.807) is 0 Å². The summed E-state index contributed by atoms with van der Waals surface area (Å²) < 4.78 is 0. The molecule has 1 N–H and O–H groups in total. The van der Waals surface area contributed by atoms with E-state index < -0.39 is 6.10 Å². The van der Waals surface area contributed by atoms with Crippen molar-refractivity contribution in [2.24, 2.45) is 0 Å². The molecule has 2 heteroatoms. The third kappa shape index (κ3) is 3.81. The molecular weight excluding hydrogens is 104 g/mol. The van der Waals surface area contributed by atoms with Crippen LogP contribution in [0.25, 0.3) is 0 Å². The van der Waals surface area contributed by atoms with Gasteiger partial charge in [0.25, 0.3) is 0 Å². The number of carbonyl (C=O) groups excluding carboxylic acids is 1. The van der Waals surface area contributed by atoms with Crippen molar-refractivity contribution < 1.29 is 9.90 Å². The van der Waals surface area contributed by atoms with Crippen molar-refractivity contribution in [3.8, 4) is 0 Å². The fourth-order valence-electron chi connectivity index (χ4n) is 0.481. The molecule has 0 rings (SSSR count). The van der Waals surface area contributed by atoms with Crippen LogP contribution in [0.1, 0.15) is 26.2 Å². The van der Waals surface area contributed by atoms with E-state index >= 15 is 0 Å². The number of hydrogen-bond donors (Lipinski definition) is 1. The summed E-state index contributed by atoms with van der Waals surface area (Å²) in [5.41, 5.74) is 0. The second-order valence-electron chi connectivity index (χ2n) is 1.85. The highest BCUT2D eigenvalue weighted by Crippen LogP contribution is 1.96. The summed E-state index contributed by atoms with van der Waals surface area (Å²) >= 11 is 0. The summed E-state index contributed by atoms with van der Waals surface area (Å²) in [5, 5.41) is 8.62. The average molecular weight is 116 g/mol. The van der Waals surface area contributed by atoms with Crippen LogP contribution in [-0.4, -0.2) is 17.5 Å². The Morgan fingerprint density at radius 3 is 2.75 bits per heavy atom. The first kappa shape index (κ1) is 7.63. The Labute approximate surface area is 49.5 Å². The maximum absolute atomic E-state index is 9.76. The topological polar surface area (TPSA) is 37.3 Å². The normalized spacial score (nSPS) is 13.2. The average Bonchev–Trinajstić information content (AvgIpc) is 1.83. The van der Waals surface area contributed by atoms with Crippen molar-refractivity contribution in [1.82, 2.24) is 0 Å². The van der Waals surface area contributed by atoms with Crippen LogP contribution in [0.4, 0.5) is 0 Å². The third-order valence-electron chi connectivity index (χ3n) is 1.01. The second-order valence-corrected chi connectivity index (χ2v) is 1.85. The van der Waals surface area contributed by atoms with Crippen LogP contribution in [0.5, 0.6) is 0 Å². The van der Waals surface area contributed by atoms with Crippen molar-refractivity contribution in [1.29, 1.82) is 0 Å². The first-order chi connectivity index (χ1) is 3.81. The van der Waals surface area contributed by atoms with Gasteiger partial charge in [-0.2, -0.15) is 0 Å². The molecule has 0 amide bonds. The molecule has 0 fully saturated rings. The highest BCUT2D eigenvalue weighted by atomic mass is 16.3. The number of carbonyl (C=O) groups is 1. The van der Waals surface area contributed by atoms with Gasteiger partial charge in [-0.3, -0.25) is 0 Å². The van der Waals surface area contributed by atoms with Gasteiger partial charge in [-0.15, -0.1) is 0 Å². The van der Waals surface area contributed by atoms with Crippen LogP contribution < -0.4 is 0 Å². The summed E-state index contributed by atoms with van der Waals surface area (Å²) in [6.07, 6.45) is 2.43. The molecule has 8 heavy (non-hydrogen) atoms. The van der Waals surface area contributed by atoms with Crippen LogP contribution in [0, 0.1) is 0 Å². The van der Waals surface area contributed by atoms with E-state index in [0.717, 1.165) is 12.8 Å². The summed E-state index contributed by atoms with van der Waals surface area (Å²) in [6.45, 7) is 2.03. The van der Waals surface area contributed by atoms with Crippen LogP contribution in [0.3, 0.4) is 0 Å². The predicted molar refractivity (Wildman–Crippen MR) is 31.6 cm³/mol. The van der Waals surface area contributed by atoms with E-state index in [1.165, 1.54) is 0 Å². The Balaban J connectivity index is 2.98. The van der Waals surface area contributed by atoms with Crippen molar-refractivity contribution in [2.45, 2.75) is 32.3 Å². The molecule has 0 saturated heterocycles. The van der Waals surface area contributed by atoms with Crippen molar-refractivity contribution >= 4 is 6.29 Å². The third-order valence-corrected chi connectivity index (χ3v) is 1.01. The smallest absolute Gasteiger partial charge is 0.148 e. The lowest BCUT2D eigenvalue weighted by Gasteiger charge is -1.97. The Hall–Kier alpha value is -0.370. The maximum Gasteiger partial charge on any atom is 0.148 e. The highest BCUT2D eigenvalue weighted by Gasteiger charge is 1.97. The highest BCUT2D eigenvalue weighted by molar-refractivity contribution is 5.55. The van der Waals surface area contributed by atoms with E-state index in [9.17, 15) is 4.79 Å². The maximum atomic E-state index is 9.76. The molecule has 0 bridgehead atoms. The van der Waals surface area contributed by atoms with E-state index in [-0.39, 0.29) is 0 Å². The lowest BCUT2D eigenvalue weighted by molar-refractivity contribution is -0.115. The standard InChI is InChI=1S/C6H12O2/c1-2-3-4-6(8)5-7/h5-6,8H,2-4H2,1H3. The summed E-state index contributed by atoms with van der Waals surface area (Å²) in [5.74, 6) is 0. The zero-order valence-corrected chi connectivity index (χ0v) is 5.13. The van der Waals surface area contributed by atoms with Crippen LogP contribution >= 0.6 is 0 Å². The first-order valence-electron chi connectivity index (χ1n) is 2.94. The molecule has 0 saturated carbocycles. The molecule has 0 heterocycles. The van der Waals surface area contributed by atoms with Gasteiger partial charge in [0.05, 0.1) is 0 Å². The van der Waals surface area contributed by atoms with Crippen molar-refractivity contribution in [3.05, 3.63) is 0 Å². The Kier molecular flexibility index (Phi) is 4.56. The number of hydrogen-bond acceptors (Lipinski definition) is 2. The molecule has 0 aromatic carbocycles. The molecule has 0 radical (unpaired) electrons. The van der Waals surface area contributed by atoms with Crippen LogP contribution in [0.2, 0.25) is 0 Å². The van der Waals surface area contributed by atoms with Gasteiger partial charge >= 0.3 is 0 Å². The molecule has 1 unspecified atom stereocenters. The van der Waals surface area contributed by atoms with Crippen LogP contribution in [-0.2, 0) is 4.79 Å². The molecule has 2 nitrogen and oxygen atoms in total. The van der Waals surface area contributed by atoms with E-state index in [4.69, 9.17) is 5.11 Å². The molecule has 0 aliphatic heterocycles. The molecule has 48 valence electrons. The minimum absolute atomic E-state index is 0.579. The zero-order chi connectivity index (χ0) is 6.41. The lowest BCUT2D eigenvalue weighted by atomic mass is 10.2. The minimum atomic E-state index is -0.727. The molecule has 0 aromatic heterocycles. The van der Waals surface area contributed by atoms with Gasteiger partial charge in [0.15, 0.2) is 0 Å². The van der Waals surface area contributed by atoms with E-state index in [1.807, 2.05) is 6.92 Å². The molecular formula is C6H12O2. The number of rotatable bonds is 4. The zero-order valence-electron chi connectivity index (χ0n) is 5.13. The predicted octanol–water partition coefficient (Wildman–Crippen LogP) is 0.736. The van der Waals surface area contributed by atoms with E-state index in [0.29, 0.717) is 12.7 Å². The quantitative estimate of drug-likeness (QED) is 0.550. The molecule has 0 aromatic rings. The fraction of sp³-hybridized carbons (Fsp3) is 0.833. The van der Waals surface area contributed by atoms with Gasteiger partial charge in [0, 0.05) is 0 Å². The summed E-state index contributed by atoms with van der Waals surface area (Å²) in [4.78, 5) is 9.76. The minimum Gasteiger partial charge on any atom is -0.386 e. The monoisotopic (exact) mass is 116 g/mol. The lowest BCUT2D eigenvalue weighted by Crippen LogP contribution is -2.06. The van der Waals surface area contributed by atoms with Gasteiger partial charge in [0.1, 0.15) is 12.4 Å². The first-order valence-corrected chi connectivity index (χ1v) is 2.94. The van der Waals surface area contributed by atoms with Crippen molar-refractivity contribution in [2.75, 3.05) is 0 Å². The number of aliphatic hydroxyl groups is 1. The van der Waals surface area contributed by atoms with Crippen molar-refractivity contribution in [3.63, 3.8) is 0 Å². The van der Waals surface area contributed by atoms with Crippen LogP contribution in [0.15, 0.2) is 0 Å². The molecule has 1 atom stereocenters.